The van der Waals surface area contributed by atoms with Gasteiger partial charge in [0.15, 0.2) is 0 Å². The molecule has 0 radical (unpaired) electrons. The molecule has 1 unspecified atom stereocenters. The molecule has 4 heteroatoms. The summed E-state index contributed by atoms with van der Waals surface area (Å²) in [6, 6.07) is 6.36. The summed E-state index contributed by atoms with van der Waals surface area (Å²) < 4.78 is 5.35. The van der Waals surface area contributed by atoms with E-state index in [9.17, 15) is 4.79 Å². The van der Waals surface area contributed by atoms with Crippen molar-refractivity contribution in [1.82, 2.24) is 10.2 Å². The highest BCUT2D eigenvalue weighted by Crippen LogP contribution is 2.36. The third-order valence-electron chi connectivity index (χ3n) is 5.98. The van der Waals surface area contributed by atoms with Crippen LogP contribution >= 0.6 is 0 Å². The van der Waals surface area contributed by atoms with Crippen LogP contribution in [0.4, 0.5) is 0 Å². The van der Waals surface area contributed by atoms with Crippen LogP contribution in [0.5, 0.6) is 5.75 Å². The Bertz CT molecular complexity index is 579. The Balaban J connectivity index is 1.56. The third-order valence-corrected chi connectivity index (χ3v) is 5.98. The van der Waals surface area contributed by atoms with Gasteiger partial charge in [0.05, 0.1) is 7.11 Å². The van der Waals surface area contributed by atoms with Crippen LogP contribution < -0.4 is 10.1 Å². The molecule has 1 aromatic carbocycles. The summed E-state index contributed by atoms with van der Waals surface area (Å²) in [5.41, 5.74) is 2.73. The first-order valence-electron chi connectivity index (χ1n) is 9.80. The van der Waals surface area contributed by atoms with Crippen LogP contribution in [0.2, 0.25) is 0 Å². The van der Waals surface area contributed by atoms with Crippen molar-refractivity contribution in [2.75, 3.05) is 33.8 Å². The molecule has 1 amide bonds. The molecule has 0 aromatic heterocycles. The minimum Gasteiger partial charge on any atom is -0.497 e. The smallest absolute Gasteiger partial charge is 0.223 e. The van der Waals surface area contributed by atoms with Gasteiger partial charge in [-0.2, -0.15) is 0 Å². The Labute approximate surface area is 151 Å². The average molecular weight is 344 g/mol. The third kappa shape index (κ3) is 4.55. The Morgan fingerprint density at radius 3 is 2.80 bits per heavy atom. The van der Waals surface area contributed by atoms with Crippen molar-refractivity contribution in [2.24, 2.45) is 5.92 Å². The number of carbonyl (C=O) groups excluding carboxylic acids is 1. The molecule has 3 rings (SSSR count). The van der Waals surface area contributed by atoms with E-state index in [1.807, 2.05) is 13.1 Å². The van der Waals surface area contributed by atoms with E-state index < -0.39 is 0 Å². The molecule has 1 aromatic rings. The highest BCUT2D eigenvalue weighted by Gasteiger charge is 2.27. The molecule has 0 bridgehead atoms. The number of benzene rings is 1. The molecular formula is C21H32N2O2. The number of carbonyl (C=O) groups is 1. The van der Waals surface area contributed by atoms with Crippen molar-refractivity contribution in [1.29, 1.82) is 0 Å². The number of hydrogen-bond acceptors (Lipinski definition) is 3. The van der Waals surface area contributed by atoms with Crippen LogP contribution in [-0.4, -0.2) is 44.6 Å². The molecule has 0 spiro atoms. The molecule has 1 fully saturated rings. The molecule has 25 heavy (non-hydrogen) atoms. The number of fused-ring (bicyclic) bond motifs is 1. The molecule has 4 nitrogen and oxygen atoms in total. The fourth-order valence-electron chi connectivity index (χ4n) is 4.39. The van der Waals surface area contributed by atoms with Crippen LogP contribution in [0.3, 0.4) is 0 Å². The Kier molecular flexibility index (Phi) is 6.35. The zero-order valence-electron chi connectivity index (χ0n) is 15.7. The predicted octanol–water partition coefficient (Wildman–Crippen LogP) is 3.35. The van der Waals surface area contributed by atoms with Crippen LogP contribution in [0.1, 0.15) is 55.6 Å². The molecule has 1 heterocycles. The number of hydrogen-bond donors (Lipinski definition) is 1. The second-order valence-electron chi connectivity index (χ2n) is 7.57. The van der Waals surface area contributed by atoms with E-state index >= 15 is 0 Å². The van der Waals surface area contributed by atoms with Gasteiger partial charge in [-0.25, -0.2) is 0 Å². The molecule has 2 aliphatic rings. The first-order chi connectivity index (χ1) is 12.2. The molecule has 1 atom stereocenters. The molecule has 1 aliphatic carbocycles. The summed E-state index contributed by atoms with van der Waals surface area (Å²) in [7, 11) is 3.72. The predicted molar refractivity (Wildman–Crippen MR) is 101 cm³/mol. The van der Waals surface area contributed by atoms with E-state index in [4.69, 9.17) is 4.74 Å². The molecule has 138 valence electrons. The summed E-state index contributed by atoms with van der Waals surface area (Å²) in [6.45, 7) is 2.96. The number of aryl methyl sites for hydroxylation is 1. The van der Waals surface area contributed by atoms with Gasteiger partial charge >= 0.3 is 0 Å². The standard InChI is InChI=1S/C21H32N2O2/c1-22-11-8-16-9-12-23(13-10-16)21(24)15-18-5-3-4-17-14-19(25-2)6-7-20(17)18/h6-7,14,16,18,22H,3-5,8-13,15H2,1-2H3. The van der Waals surface area contributed by atoms with Crippen LogP contribution in [0, 0.1) is 5.92 Å². The zero-order valence-corrected chi connectivity index (χ0v) is 15.7. The van der Waals surface area contributed by atoms with E-state index in [-0.39, 0.29) is 0 Å². The van der Waals surface area contributed by atoms with Crippen molar-refractivity contribution < 1.29 is 9.53 Å². The summed E-state index contributed by atoms with van der Waals surface area (Å²) in [6.07, 6.45) is 7.62. The van der Waals surface area contributed by atoms with E-state index in [0.717, 1.165) is 57.0 Å². The maximum Gasteiger partial charge on any atom is 0.223 e. The van der Waals surface area contributed by atoms with Crippen molar-refractivity contribution in [3.05, 3.63) is 29.3 Å². The number of likely N-dealkylation sites (tertiary alicyclic amines) is 1. The van der Waals surface area contributed by atoms with Crippen molar-refractivity contribution >= 4 is 5.91 Å². The second kappa shape index (κ2) is 8.70. The minimum atomic E-state index is 0.348. The van der Waals surface area contributed by atoms with Gasteiger partial charge in [0, 0.05) is 19.5 Å². The highest BCUT2D eigenvalue weighted by atomic mass is 16.5. The monoisotopic (exact) mass is 344 g/mol. The lowest BCUT2D eigenvalue weighted by molar-refractivity contribution is -0.133. The summed E-state index contributed by atoms with van der Waals surface area (Å²) >= 11 is 0. The molecule has 1 saturated heterocycles. The number of amides is 1. The Morgan fingerprint density at radius 2 is 2.08 bits per heavy atom. The van der Waals surface area contributed by atoms with Crippen LogP contribution in [0.25, 0.3) is 0 Å². The maximum absolute atomic E-state index is 12.8. The van der Waals surface area contributed by atoms with E-state index in [1.165, 1.54) is 24.0 Å². The van der Waals surface area contributed by atoms with Crippen molar-refractivity contribution in [3.8, 4) is 5.75 Å². The highest BCUT2D eigenvalue weighted by molar-refractivity contribution is 5.77. The number of piperidine rings is 1. The average Bonchev–Trinajstić information content (AvgIpc) is 2.66. The van der Waals surface area contributed by atoms with Gasteiger partial charge in [-0.15, -0.1) is 0 Å². The van der Waals surface area contributed by atoms with Gasteiger partial charge in [0.1, 0.15) is 5.75 Å². The van der Waals surface area contributed by atoms with Gasteiger partial charge in [0.25, 0.3) is 0 Å². The number of nitrogens with one attached hydrogen (secondary N) is 1. The Morgan fingerprint density at radius 1 is 1.28 bits per heavy atom. The quantitative estimate of drug-likeness (QED) is 0.860. The number of ether oxygens (including phenoxy) is 1. The fourth-order valence-corrected chi connectivity index (χ4v) is 4.39. The number of nitrogens with zero attached hydrogens (tertiary/aromatic N) is 1. The summed E-state index contributed by atoms with van der Waals surface area (Å²) in [5.74, 6) is 2.43. The van der Waals surface area contributed by atoms with Gasteiger partial charge in [-0.3, -0.25) is 4.79 Å². The van der Waals surface area contributed by atoms with Gasteiger partial charge in [-0.1, -0.05) is 6.07 Å². The van der Waals surface area contributed by atoms with Crippen molar-refractivity contribution in [3.63, 3.8) is 0 Å². The van der Waals surface area contributed by atoms with Crippen LogP contribution in [-0.2, 0) is 11.2 Å². The first kappa shape index (κ1) is 18.2. The van der Waals surface area contributed by atoms with Gasteiger partial charge in [-0.05, 0) is 87.2 Å². The van der Waals surface area contributed by atoms with Crippen molar-refractivity contribution in [2.45, 2.75) is 50.9 Å². The second-order valence-corrected chi connectivity index (χ2v) is 7.57. The molecule has 0 saturated carbocycles. The lowest BCUT2D eigenvalue weighted by Gasteiger charge is -2.34. The normalized spacial score (nSPS) is 21.0. The largest absolute Gasteiger partial charge is 0.497 e. The van der Waals surface area contributed by atoms with E-state index in [1.54, 1.807) is 7.11 Å². The fraction of sp³-hybridized carbons (Fsp3) is 0.667. The van der Waals surface area contributed by atoms with E-state index in [0.29, 0.717) is 18.2 Å². The zero-order chi connectivity index (χ0) is 17.6. The lowest BCUT2D eigenvalue weighted by atomic mass is 9.80. The lowest BCUT2D eigenvalue weighted by Crippen LogP contribution is -2.39. The molecular weight excluding hydrogens is 312 g/mol. The summed E-state index contributed by atoms with van der Waals surface area (Å²) in [5, 5.41) is 3.23. The molecule has 1 N–H and O–H groups in total. The topological polar surface area (TPSA) is 41.6 Å². The van der Waals surface area contributed by atoms with Gasteiger partial charge < -0.3 is 15.0 Å². The minimum absolute atomic E-state index is 0.348. The first-order valence-corrected chi connectivity index (χ1v) is 9.80. The SMILES string of the molecule is CNCCC1CCN(C(=O)CC2CCCc3cc(OC)ccc32)CC1. The van der Waals surface area contributed by atoms with Gasteiger partial charge in [0.2, 0.25) is 5.91 Å². The molecule has 1 aliphatic heterocycles. The van der Waals surface area contributed by atoms with Crippen LogP contribution in [0.15, 0.2) is 18.2 Å². The van der Waals surface area contributed by atoms with E-state index in [2.05, 4.69) is 22.3 Å². The summed E-state index contributed by atoms with van der Waals surface area (Å²) in [4.78, 5) is 14.9. The number of methoxy groups -OCH3 is 1. The number of rotatable bonds is 6. The maximum atomic E-state index is 12.8. The Hall–Kier alpha value is -1.55.